The van der Waals surface area contributed by atoms with E-state index in [1.807, 2.05) is 6.07 Å². The molecule has 0 saturated carbocycles. The number of hydrogen-bond acceptors (Lipinski definition) is 3. The standard InChI is InChI=1S/C22H29NO2/c1-22(2,3)20-11-8-18(9-12-20)15-23-16-19-7-5-6-17(14-19)10-13-21(24)25-4/h5-9,11-12,14,23H,10,13,15-16H2,1-4H3. The predicted molar refractivity (Wildman–Crippen MR) is 102 cm³/mol. The summed E-state index contributed by atoms with van der Waals surface area (Å²) in [6.45, 7) is 8.35. The van der Waals surface area contributed by atoms with Crippen molar-refractivity contribution in [2.75, 3.05) is 7.11 Å². The van der Waals surface area contributed by atoms with E-state index in [4.69, 9.17) is 4.74 Å². The molecule has 0 aliphatic rings. The molecule has 2 aromatic carbocycles. The third-order valence-electron chi connectivity index (χ3n) is 4.32. The maximum atomic E-state index is 11.3. The van der Waals surface area contributed by atoms with Gasteiger partial charge in [-0.3, -0.25) is 4.79 Å². The van der Waals surface area contributed by atoms with Crippen molar-refractivity contribution in [1.29, 1.82) is 0 Å². The van der Waals surface area contributed by atoms with Crippen molar-refractivity contribution in [1.82, 2.24) is 5.32 Å². The molecule has 134 valence electrons. The average molecular weight is 339 g/mol. The van der Waals surface area contributed by atoms with Gasteiger partial charge in [-0.25, -0.2) is 0 Å². The van der Waals surface area contributed by atoms with Crippen LogP contribution in [0, 0.1) is 0 Å². The van der Waals surface area contributed by atoms with Gasteiger partial charge >= 0.3 is 5.97 Å². The van der Waals surface area contributed by atoms with Crippen molar-refractivity contribution in [3.8, 4) is 0 Å². The maximum Gasteiger partial charge on any atom is 0.305 e. The molecule has 0 spiro atoms. The van der Waals surface area contributed by atoms with Gasteiger partial charge in [-0.05, 0) is 34.1 Å². The molecule has 0 heterocycles. The molecule has 3 nitrogen and oxygen atoms in total. The van der Waals surface area contributed by atoms with Crippen LogP contribution in [0.4, 0.5) is 0 Å². The molecule has 0 saturated heterocycles. The Labute approximate surface area is 151 Å². The Kier molecular flexibility index (Phi) is 6.77. The van der Waals surface area contributed by atoms with E-state index in [1.165, 1.54) is 29.4 Å². The molecule has 1 N–H and O–H groups in total. The first-order valence-electron chi connectivity index (χ1n) is 8.83. The summed E-state index contributed by atoms with van der Waals surface area (Å²) in [6.07, 6.45) is 1.14. The predicted octanol–water partition coefficient (Wildman–Crippen LogP) is 4.38. The van der Waals surface area contributed by atoms with Crippen LogP contribution in [0.15, 0.2) is 48.5 Å². The van der Waals surface area contributed by atoms with E-state index >= 15 is 0 Å². The monoisotopic (exact) mass is 339 g/mol. The van der Waals surface area contributed by atoms with E-state index in [-0.39, 0.29) is 11.4 Å². The first-order valence-corrected chi connectivity index (χ1v) is 8.83. The fourth-order valence-corrected chi connectivity index (χ4v) is 2.72. The number of hydrogen-bond donors (Lipinski definition) is 1. The Hall–Kier alpha value is -2.13. The zero-order valence-electron chi connectivity index (χ0n) is 15.8. The summed E-state index contributed by atoms with van der Waals surface area (Å²) in [5, 5.41) is 3.49. The highest BCUT2D eigenvalue weighted by molar-refractivity contribution is 5.69. The summed E-state index contributed by atoms with van der Waals surface area (Å²) in [5.74, 6) is -0.165. The fourth-order valence-electron chi connectivity index (χ4n) is 2.72. The number of carbonyl (C=O) groups excluding carboxylic acids is 1. The van der Waals surface area contributed by atoms with E-state index in [0.29, 0.717) is 6.42 Å². The summed E-state index contributed by atoms with van der Waals surface area (Å²) < 4.78 is 4.69. The fraction of sp³-hybridized carbons (Fsp3) is 0.409. The van der Waals surface area contributed by atoms with Crippen molar-refractivity contribution >= 4 is 5.97 Å². The van der Waals surface area contributed by atoms with Crippen LogP contribution in [0.1, 0.15) is 49.4 Å². The molecular weight excluding hydrogens is 310 g/mol. The molecule has 0 fully saturated rings. The summed E-state index contributed by atoms with van der Waals surface area (Å²) in [5.41, 5.74) is 5.23. The summed E-state index contributed by atoms with van der Waals surface area (Å²) >= 11 is 0. The number of esters is 1. The number of methoxy groups -OCH3 is 1. The van der Waals surface area contributed by atoms with Gasteiger partial charge in [-0.2, -0.15) is 0 Å². The van der Waals surface area contributed by atoms with Gasteiger partial charge in [0.05, 0.1) is 7.11 Å². The number of carbonyl (C=O) groups is 1. The highest BCUT2D eigenvalue weighted by Crippen LogP contribution is 2.22. The van der Waals surface area contributed by atoms with Gasteiger partial charge in [0.1, 0.15) is 0 Å². The van der Waals surface area contributed by atoms with Crippen molar-refractivity contribution in [2.45, 2.75) is 52.1 Å². The van der Waals surface area contributed by atoms with Gasteiger partial charge in [-0.1, -0.05) is 69.3 Å². The number of rotatable bonds is 7. The van der Waals surface area contributed by atoms with Gasteiger partial charge < -0.3 is 10.1 Å². The quantitative estimate of drug-likeness (QED) is 0.761. The number of ether oxygens (including phenoxy) is 1. The second-order valence-corrected chi connectivity index (χ2v) is 7.45. The van der Waals surface area contributed by atoms with E-state index in [0.717, 1.165) is 19.5 Å². The van der Waals surface area contributed by atoms with Gasteiger partial charge in [0, 0.05) is 19.5 Å². The molecule has 0 unspecified atom stereocenters. The van der Waals surface area contributed by atoms with Crippen molar-refractivity contribution in [3.05, 3.63) is 70.8 Å². The van der Waals surface area contributed by atoms with Crippen LogP contribution in [0.2, 0.25) is 0 Å². The number of nitrogens with one attached hydrogen (secondary N) is 1. The Balaban J connectivity index is 1.84. The van der Waals surface area contributed by atoms with Gasteiger partial charge in [-0.15, -0.1) is 0 Å². The minimum absolute atomic E-state index is 0.165. The molecule has 0 aliphatic heterocycles. The average Bonchev–Trinajstić information content (AvgIpc) is 2.60. The molecule has 2 rings (SSSR count). The second-order valence-electron chi connectivity index (χ2n) is 7.45. The Morgan fingerprint density at radius 2 is 1.60 bits per heavy atom. The SMILES string of the molecule is COC(=O)CCc1cccc(CNCc2ccc(C(C)(C)C)cc2)c1. The lowest BCUT2D eigenvalue weighted by Crippen LogP contribution is -2.14. The third kappa shape index (κ3) is 6.35. The van der Waals surface area contributed by atoms with Crippen LogP contribution in [-0.2, 0) is 34.5 Å². The third-order valence-corrected chi connectivity index (χ3v) is 4.32. The topological polar surface area (TPSA) is 38.3 Å². The number of aryl methyl sites for hydroxylation is 1. The lowest BCUT2D eigenvalue weighted by molar-refractivity contribution is -0.140. The lowest BCUT2D eigenvalue weighted by Gasteiger charge is -2.19. The molecule has 0 bridgehead atoms. The van der Waals surface area contributed by atoms with E-state index in [1.54, 1.807) is 0 Å². The molecule has 0 radical (unpaired) electrons. The molecule has 25 heavy (non-hydrogen) atoms. The minimum Gasteiger partial charge on any atom is -0.469 e. The van der Waals surface area contributed by atoms with Crippen LogP contribution in [-0.4, -0.2) is 13.1 Å². The van der Waals surface area contributed by atoms with Gasteiger partial charge in [0.2, 0.25) is 0 Å². The summed E-state index contributed by atoms with van der Waals surface area (Å²) in [6, 6.07) is 17.2. The Bertz CT molecular complexity index is 684. The van der Waals surface area contributed by atoms with Crippen molar-refractivity contribution < 1.29 is 9.53 Å². The summed E-state index contributed by atoms with van der Waals surface area (Å²) in [4.78, 5) is 11.3. The van der Waals surface area contributed by atoms with Crippen molar-refractivity contribution in [2.24, 2.45) is 0 Å². The molecular formula is C22H29NO2. The zero-order valence-corrected chi connectivity index (χ0v) is 15.8. The molecule has 0 aliphatic carbocycles. The lowest BCUT2D eigenvalue weighted by atomic mass is 9.87. The van der Waals surface area contributed by atoms with Crippen LogP contribution < -0.4 is 5.32 Å². The van der Waals surface area contributed by atoms with Crippen LogP contribution in [0.5, 0.6) is 0 Å². The van der Waals surface area contributed by atoms with Crippen LogP contribution in [0.25, 0.3) is 0 Å². The Morgan fingerprint density at radius 3 is 2.24 bits per heavy atom. The molecule has 3 heteroatoms. The normalized spacial score (nSPS) is 11.4. The maximum absolute atomic E-state index is 11.3. The molecule has 0 amide bonds. The van der Waals surface area contributed by atoms with E-state index in [2.05, 4.69) is 68.6 Å². The smallest absolute Gasteiger partial charge is 0.305 e. The number of benzene rings is 2. The first-order chi connectivity index (χ1) is 11.9. The highest BCUT2D eigenvalue weighted by Gasteiger charge is 2.12. The largest absolute Gasteiger partial charge is 0.469 e. The summed E-state index contributed by atoms with van der Waals surface area (Å²) in [7, 11) is 1.43. The molecule has 2 aromatic rings. The van der Waals surface area contributed by atoms with E-state index in [9.17, 15) is 4.79 Å². The van der Waals surface area contributed by atoms with Crippen LogP contribution in [0.3, 0.4) is 0 Å². The van der Waals surface area contributed by atoms with Gasteiger partial charge in [0.15, 0.2) is 0 Å². The van der Waals surface area contributed by atoms with Crippen molar-refractivity contribution in [3.63, 3.8) is 0 Å². The highest BCUT2D eigenvalue weighted by atomic mass is 16.5. The Morgan fingerprint density at radius 1 is 0.960 bits per heavy atom. The minimum atomic E-state index is -0.165. The van der Waals surface area contributed by atoms with Gasteiger partial charge in [0.25, 0.3) is 0 Å². The zero-order chi connectivity index (χ0) is 18.3. The molecule has 0 atom stereocenters. The second kappa shape index (κ2) is 8.82. The van der Waals surface area contributed by atoms with E-state index < -0.39 is 0 Å². The first kappa shape index (κ1) is 19.2. The molecule has 0 aromatic heterocycles. The van der Waals surface area contributed by atoms with Crippen LogP contribution >= 0.6 is 0 Å².